The maximum absolute atomic E-state index is 14.4. The number of ether oxygens (including phenoxy) is 3. The molecule has 3 aliphatic rings. The Labute approximate surface area is 237 Å². The first-order valence-electron chi connectivity index (χ1n) is 13.0. The van der Waals surface area contributed by atoms with E-state index in [1.807, 2.05) is 17.5 Å². The number of allylic oxidation sites excluding steroid dienone is 2. The molecule has 0 saturated carbocycles. The maximum Gasteiger partial charge on any atom is 0.416 e. The number of benzene rings is 2. The van der Waals surface area contributed by atoms with Gasteiger partial charge >= 0.3 is 12.1 Å². The summed E-state index contributed by atoms with van der Waals surface area (Å²) in [5.74, 6) is -2.92. The first-order chi connectivity index (χ1) is 19.7. The molecule has 7 nitrogen and oxygen atoms in total. The van der Waals surface area contributed by atoms with Crippen molar-refractivity contribution in [1.29, 1.82) is 0 Å². The van der Waals surface area contributed by atoms with Gasteiger partial charge < -0.3 is 14.2 Å². The zero-order chi connectivity index (χ0) is 28.9. The normalized spacial score (nSPS) is 22.1. The molecule has 2 aliphatic heterocycles. The third-order valence-electron chi connectivity index (χ3n) is 7.62. The molecule has 0 unspecified atom stereocenters. The van der Waals surface area contributed by atoms with Gasteiger partial charge in [-0.2, -0.15) is 13.2 Å². The van der Waals surface area contributed by atoms with Crippen molar-refractivity contribution in [2.24, 2.45) is 5.92 Å². The highest BCUT2D eigenvalue weighted by molar-refractivity contribution is 7.10. The quantitative estimate of drug-likeness (QED) is 0.263. The van der Waals surface area contributed by atoms with Crippen molar-refractivity contribution in [1.82, 2.24) is 0 Å². The third-order valence-corrected chi connectivity index (χ3v) is 8.63. The summed E-state index contributed by atoms with van der Waals surface area (Å²) in [5.41, 5.74) is 0.637. The molecule has 0 spiro atoms. The smallest absolute Gasteiger partial charge is 0.416 e. The van der Waals surface area contributed by atoms with Crippen LogP contribution in [0.25, 0.3) is 0 Å². The predicted octanol–water partition coefficient (Wildman–Crippen LogP) is 6.21. The van der Waals surface area contributed by atoms with E-state index in [4.69, 9.17) is 14.2 Å². The van der Waals surface area contributed by atoms with Crippen LogP contribution in [0.4, 0.5) is 18.9 Å². The molecule has 1 amide bonds. The Bertz CT molecular complexity index is 1550. The summed E-state index contributed by atoms with van der Waals surface area (Å²) in [6.07, 6.45) is -4.54. The van der Waals surface area contributed by atoms with Crippen LogP contribution in [0, 0.1) is 5.92 Å². The van der Waals surface area contributed by atoms with Crippen LogP contribution < -0.4 is 14.4 Å². The van der Waals surface area contributed by atoms with Gasteiger partial charge in [-0.1, -0.05) is 12.1 Å². The van der Waals surface area contributed by atoms with E-state index in [1.165, 1.54) is 28.4 Å². The van der Waals surface area contributed by atoms with Crippen LogP contribution in [-0.2, 0) is 25.3 Å². The molecular weight excluding hydrogens is 559 g/mol. The largest absolute Gasteiger partial charge is 0.465 e. The van der Waals surface area contributed by atoms with Crippen LogP contribution in [0.5, 0.6) is 11.5 Å². The number of hydrogen-bond acceptors (Lipinski definition) is 7. The maximum atomic E-state index is 14.4. The molecule has 212 valence electrons. The molecule has 1 aromatic heterocycles. The summed E-state index contributed by atoms with van der Waals surface area (Å²) in [4.78, 5) is 43.5. The fourth-order valence-electron chi connectivity index (χ4n) is 5.82. The van der Waals surface area contributed by atoms with E-state index in [0.29, 0.717) is 22.8 Å². The number of halogens is 3. The first kappa shape index (κ1) is 27.1. The van der Waals surface area contributed by atoms with Crippen molar-refractivity contribution < 1.29 is 41.8 Å². The summed E-state index contributed by atoms with van der Waals surface area (Å²) >= 11 is 1.38. The first-order valence-corrected chi connectivity index (χ1v) is 13.9. The minimum absolute atomic E-state index is 0.0460. The zero-order valence-electron chi connectivity index (χ0n) is 21.8. The molecule has 1 aliphatic carbocycles. The number of carbonyl (C=O) groups is 3. The number of carbonyl (C=O) groups excluding carboxylic acids is 3. The topological polar surface area (TPSA) is 82.1 Å². The number of fused-ring (bicyclic) bond motifs is 1. The Hall–Kier alpha value is -4.12. The van der Waals surface area contributed by atoms with E-state index in [0.717, 1.165) is 17.0 Å². The summed E-state index contributed by atoms with van der Waals surface area (Å²) in [7, 11) is 0. The Kier molecular flexibility index (Phi) is 6.85. The zero-order valence-corrected chi connectivity index (χ0v) is 22.6. The van der Waals surface area contributed by atoms with Crippen molar-refractivity contribution in [2.75, 3.05) is 18.3 Å². The molecule has 6 rings (SSSR count). The van der Waals surface area contributed by atoms with Crippen molar-refractivity contribution in [3.05, 3.63) is 87.3 Å². The van der Waals surface area contributed by atoms with Gasteiger partial charge in [0.2, 0.25) is 12.7 Å². The second kappa shape index (κ2) is 10.4. The molecular formula is C30H24F3NO6S. The van der Waals surface area contributed by atoms with Gasteiger partial charge in [0, 0.05) is 40.1 Å². The van der Waals surface area contributed by atoms with E-state index in [-0.39, 0.29) is 43.4 Å². The van der Waals surface area contributed by atoms with Gasteiger partial charge in [0.1, 0.15) is 5.92 Å². The molecule has 0 saturated heterocycles. The predicted molar refractivity (Wildman–Crippen MR) is 143 cm³/mol. The number of Topliss-reactive ketones (excluding diaryl/α,β-unsaturated/α-hetero) is 1. The number of thiophene rings is 1. The molecule has 2 aromatic carbocycles. The molecule has 0 N–H and O–H groups in total. The van der Waals surface area contributed by atoms with Crippen LogP contribution in [0.2, 0.25) is 0 Å². The average molecular weight is 584 g/mol. The van der Waals surface area contributed by atoms with Gasteiger partial charge in [-0.3, -0.25) is 19.3 Å². The summed E-state index contributed by atoms with van der Waals surface area (Å²) in [5, 5.41) is 1.83. The van der Waals surface area contributed by atoms with Crippen molar-refractivity contribution in [3.8, 4) is 11.5 Å². The number of anilines is 1. The molecule has 11 heteroatoms. The molecule has 3 atom stereocenters. The van der Waals surface area contributed by atoms with Gasteiger partial charge in [0.25, 0.3) is 0 Å². The minimum atomic E-state index is -4.54. The second-order valence-electron chi connectivity index (χ2n) is 9.92. The van der Waals surface area contributed by atoms with Gasteiger partial charge in [-0.15, -0.1) is 11.3 Å². The van der Waals surface area contributed by atoms with Gasteiger partial charge in [-0.05, 0) is 66.8 Å². The van der Waals surface area contributed by atoms with E-state index in [1.54, 1.807) is 25.1 Å². The Morgan fingerprint density at radius 1 is 1.05 bits per heavy atom. The minimum Gasteiger partial charge on any atom is -0.465 e. The molecule has 0 bridgehead atoms. The lowest BCUT2D eigenvalue weighted by Gasteiger charge is -2.42. The Morgan fingerprint density at radius 3 is 2.49 bits per heavy atom. The fraction of sp³-hybridized carbons (Fsp3) is 0.300. The Morgan fingerprint density at radius 2 is 1.80 bits per heavy atom. The van der Waals surface area contributed by atoms with Crippen LogP contribution in [0.15, 0.2) is 71.2 Å². The number of hydrogen-bond donors (Lipinski definition) is 0. The molecule has 0 fully saturated rings. The van der Waals surface area contributed by atoms with Crippen LogP contribution in [-0.4, -0.2) is 31.1 Å². The molecule has 41 heavy (non-hydrogen) atoms. The molecule has 0 radical (unpaired) electrons. The fourth-order valence-corrected chi connectivity index (χ4v) is 6.68. The van der Waals surface area contributed by atoms with E-state index in [9.17, 15) is 27.6 Å². The highest BCUT2D eigenvalue weighted by atomic mass is 32.1. The van der Waals surface area contributed by atoms with Crippen molar-refractivity contribution in [2.45, 2.75) is 37.8 Å². The SMILES string of the molecule is CCOC(=O)[C@@H]1C(=O)C2=C(C[C@@H]1c1cccs1)N(c1ccc(C(F)(F)F)cc1)C(=O)C[C@H]2c1ccc2c(c1)OCO2. The summed E-state index contributed by atoms with van der Waals surface area (Å²) in [6.45, 7) is 1.80. The van der Waals surface area contributed by atoms with E-state index < -0.39 is 41.2 Å². The highest BCUT2D eigenvalue weighted by Gasteiger charge is 2.50. The number of amides is 1. The molecule has 3 aromatic rings. The lowest BCUT2D eigenvalue weighted by Crippen LogP contribution is -2.46. The third kappa shape index (κ3) is 4.77. The second-order valence-corrected chi connectivity index (χ2v) is 10.9. The van der Waals surface area contributed by atoms with Crippen LogP contribution in [0.1, 0.15) is 47.6 Å². The van der Waals surface area contributed by atoms with Crippen LogP contribution in [0.3, 0.4) is 0 Å². The monoisotopic (exact) mass is 583 g/mol. The van der Waals surface area contributed by atoms with E-state index in [2.05, 4.69) is 0 Å². The number of alkyl halides is 3. The highest BCUT2D eigenvalue weighted by Crippen LogP contribution is 2.51. The van der Waals surface area contributed by atoms with Gasteiger partial charge in [-0.25, -0.2) is 0 Å². The van der Waals surface area contributed by atoms with Crippen molar-refractivity contribution >= 4 is 34.7 Å². The summed E-state index contributed by atoms with van der Waals surface area (Å²) in [6, 6.07) is 13.1. The standard InChI is InChI=1S/C30H24F3NO6S/c1-2-38-29(37)27-20(24-4-3-11-41-24)13-21-26(28(27)36)19(16-5-10-22-23(12-16)40-15-39-22)14-25(35)34(21)18-8-6-17(7-9-18)30(31,32)33/h3-12,19-20,27H,2,13-15H2,1H3/t19-,20+,27-/m0/s1. The molecule has 3 heterocycles. The lowest BCUT2D eigenvalue weighted by molar-refractivity contribution is -0.152. The summed E-state index contributed by atoms with van der Waals surface area (Å²) < 4.78 is 56.1. The number of ketones is 1. The number of esters is 1. The van der Waals surface area contributed by atoms with Gasteiger partial charge in [0.15, 0.2) is 17.3 Å². The Balaban J connectivity index is 1.52. The van der Waals surface area contributed by atoms with E-state index >= 15 is 0 Å². The number of rotatable bonds is 5. The van der Waals surface area contributed by atoms with Crippen molar-refractivity contribution in [3.63, 3.8) is 0 Å². The van der Waals surface area contributed by atoms with Gasteiger partial charge in [0.05, 0.1) is 12.2 Å². The van der Waals surface area contributed by atoms with Crippen LogP contribution >= 0.6 is 11.3 Å². The lowest BCUT2D eigenvalue weighted by atomic mass is 9.69. The average Bonchev–Trinajstić information content (AvgIpc) is 3.64. The number of nitrogens with zero attached hydrogens (tertiary/aromatic N) is 1.